The van der Waals surface area contributed by atoms with Crippen LogP contribution in [-0.2, 0) is 0 Å². The summed E-state index contributed by atoms with van der Waals surface area (Å²) < 4.78 is 0. The zero-order valence-corrected chi connectivity index (χ0v) is 58.0. The van der Waals surface area contributed by atoms with Gasteiger partial charge in [0.2, 0.25) is 0 Å². The van der Waals surface area contributed by atoms with Crippen molar-refractivity contribution in [3.8, 4) is 66.8 Å². The molecular weight excluding hydrogens is 1010 g/mol. The fraction of sp³-hybridized carbons (Fsp3) is 0.381. The number of hydrogen-bond acceptors (Lipinski definition) is 0. The molecule has 0 radical (unpaired) electrons. The van der Waals surface area contributed by atoms with Crippen molar-refractivity contribution in [2.75, 3.05) is 0 Å². The molecule has 0 unspecified atom stereocenters. The standard InChI is InChI=1S/C84H96/c1-33-36(4)48(16)65(49(17)37(33)5)78-70-56(24)42(10)44(12)58(26)72(70)80(73-59(27)45(13)43(11)57(25)71(73)78)69-62(30)63(31)74-77(64(69)32)82(68-52(20)40(8)35(3)41(9)53(68)21)84-76-61(29)47(15)55(23)66-54(22)46(14)60(28)75(79(66)76)83(84)81(74)67-50(18)38(6)34(2)39(7)51(67)19/h1-32H3. The Bertz CT molecular complexity index is 4650. The average molecular weight is 1110 g/mol. The van der Waals surface area contributed by atoms with Crippen LogP contribution in [0.1, 0.15) is 178 Å². The number of fused-ring (bicyclic) bond motifs is 6. The maximum absolute atomic E-state index is 2.57. The first kappa shape index (κ1) is 59.0. The zero-order valence-electron chi connectivity index (χ0n) is 58.0. The Morgan fingerprint density at radius 1 is 0.0714 bits per heavy atom. The maximum atomic E-state index is 2.57. The molecule has 0 spiro atoms. The Labute approximate surface area is 506 Å². The van der Waals surface area contributed by atoms with Gasteiger partial charge in [-0.2, -0.15) is 0 Å². The highest BCUT2D eigenvalue weighted by Gasteiger charge is 2.40. The lowest BCUT2D eigenvalue weighted by Crippen LogP contribution is -2.09. The van der Waals surface area contributed by atoms with Gasteiger partial charge in [-0.1, -0.05) is 0 Å². The van der Waals surface area contributed by atoms with E-state index < -0.39 is 0 Å². The van der Waals surface area contributed by atoms with Gasteiger partial charge in [0.25, 0.3) is 0 Å². The van der Waals surface area contributed by atoms with Crippen LogP contribution in [0.25, 0.3) is 110 Å². The van der Waals surface area contributed by atoms with E-state index in [0.29, 0.717) is 0 Å². The molecule has 0 aromatic heterocycles. The smallest absolute Gasteiger partial charge is 0.000422 e. The van der Waals surface area contributed by atoms with E-state index in [1.165, 1.54) is 288 Å². The van der Waals surface area contributed by atoms with Gasteiger partial charge in [-0.25, -0.2) is 0 Å². The highest BCUT2D eigenvalue weighted by molar-refractivity contribution is 6.33. The third kappa shape index (κ3) is 7.13. The second-order valence-electron chi connectivity index (χ2n) is 27.5. The fourth-order valence-corrected chi connectivity index (χ4v) is 17.2. The predicted octanol–water partition coefficient (Wildman–Crippen LogP) is 24.5. The highest BCUT2D eigenvalue weighted by atomic mass is 14.4. The van der Waals surface area contributed by atoms with Crippen molar-refractivity contribution in [2.45, 2.75) is 222 Å². The minimum Gasteiger partial charge on any atom is -0.0447 e. The van der Waals surface area contributed by atoms with Gasteiger partial charge < -0.3 is 0 Å². The van der Waals surface area contributed by atoms with Crippen molar-refractivity contribution in [2.24, 2.45) is 0 Å². The van der Waals surface area contributed by atoms with Crippen molar-refractivity contribution in [3.63, 3.8) is 0 Å². The summed E-state index contributed by atoms with van der Waals surface area (Å²) >= 11 is 0. The summed E-state index contributed by atoms with van der Waals surface area (Å²) in [7, 11) is 0. The molecule has 0 aliphatic heterocycles. The summed E-state index contributed by atoms with van der Waals surface area (Å²) in [4.78, 5) is 0. The first-order valence-electron chi connectivity index (χ1n) is 31.5. The molecule has 0 N–H and O–H groups in total. The Hall–Kier alpha value is -6.76. The second-order valence-corrected chi connectivity index (χ2v) is 27.5. The molecule has 84 heavy (non-hydrogen) atoms. The third-order valence-electron chi connectivity index (χ3n) is 24.9. The van der Waals surface area contributed by atoms with E-state index in [4.69, 9.17) is 0 Å². The van der Waals surface area contributed by atoms with Gasteiger partial charge in [0.05, 0.1) is 0 Å². The molecule has 0 heterocycles. The minimum absolute atomic E-state index is 1.38. The Balaban J connectivity index is 1.57. The van der Waals surface area contributed by atoms with Crippen molar-refractivity contribution >= 4 is 43.1 Å². The summed E-state index contributed by atoms with van der Waals surface area (Å²) in [6.45, 7) is 77.5. The van der Waals surface area contributed by atoms with Gasteiger partial charge in [-0.05, 0) is 509 Å². The maximum Gasteiger partial charge on any atom is -0.000422 e. The van der Waals surface area contributed by atoms with E-state index in [2.05, 4.69) is 222 Å². The van der Waals surface area contributed by atoms with Crippen LogP contribution in [0.2, 0.25) is 0 Å². The van der Waals surface area contributed by atoms with Crippen LogP contribution in [0.3, 0.4) is 0 Å². The molecular formula is C84H96. The lowest BCUT2D eigenvalue weighted by Gasteiger charge is -2.32. The van der Waals surface area contributed by atoms with Crippen molar-refractivity contribution < 1.29 is 0 Å². The number of rotatable bonds is 4. The summed E-state index contributed by atoms with van der Waals surface area (Å²) in [5.41, 5.74) is 61.8. The van der Waals surface area contributed by atoms with Crippen LogP contribution in [0.4, 0.5) is 0 Å². The molecule has 1 aliphatic rings. The first-order chi connectivity index (χ1) is 39.1. The zero-order chi connectivity index (χ0) is 62.0. The summed E-state index contributed by atoms with van der Waals surface area (Å²) in [6.07, 6.45) is 0. The molecule has 1 aliphatic carbocycles. The summed E-state index contributed by atoms with van der Waals surface area (Å²) in [6, 6.07) is 0. The monoisotopic (exact) mass is 1100 g/mol. The number of benzene rings is 10. The SMILES string of the molecule is Cc1c(C)c(C)c(-c2c3c(c(-c4c(C)c(C)c(C)c(C)c4C)c4c(C)c(-c5c6c(C)c(C)c(C)c(C)c6c(-c6c(C)c(C)c(C)c(C)c6C)c6c(C)c(C)c(C)c(C)c56)c(C)c(C)c24)-c2c(C)c(C)c(C)c4c(C)c(C)c(C)c-3c24)c(C)c1C. The second kappa shape index (κ2) is 19.4. The van der Waals surface area contributed by atoms with Crippen LogP contribution in [-0.4, -0.2) is 0 Å². The molecule has 11 rings (SSSR count). The van der Waals surface area contributed by atoms with E-state index in [0.717, 1.165) is 0 Å². The van der Waals surface area contributed by atoms with Gasteiger partial charge in [-0.15, -0.1) is 0 Å². The Kier molecular flexibility index (Phi) is 13.6. The molecule has 0 bridgehead atoms. The van der Waals surface area contributed by atoms with Gasteiger partial charge in [-0.3, -0.25) is 0 Å². The average Bonchev–Trinajstić information content (AvgIpc) is 1.34. The summed E-state index contributed by atoms with van der Waals surface area (Å²) in [5.74, 6) is 0. The molecule has 0 saturated carbocycles. The first-order valence-corrected chi connectivity index (χ1v) is 31.5. The lowest BCUT2D eigenvalue weighted by atomic mass is 9.71. The van der Waals surface area contributed by atoms with Gasteiger partial charge in [0, 0.05) is 0 Å². The molecule has 0 heteroatoms. The van der Waals surface area contributed by atoms with Crippen LogP contribution < -0.4 is 0 Å². The topological polar surface area (TPSA) is 0 Å². The molecule has 0 amide bonds. The molecule has 10 aromatic rings. The van der Waals surface area contributed by atoms with Crippen molar-refractivity contribution in [1.29, 1.82) is 0 Å². The largest absolute Gasteiger partial charge is 0.0447 e. The van der Waals surface area contributed by atoms with Crippen LogP contribution in [0.15, 0.2) is 0 Å². The predicted molar refractivity (Wildman–Crippen MR) is 374 cm³/mol. The van der Waals surface area contributed by atoms with Crippen LogP contribution >= 0.6 is 0 Å². The normalized spacial score (nSPS) is 12.3. The van der Waals surface area contributed by atoms with E-state index in [1.807, 2.05) is 0 Å². The van der Waals surface area contributed by atoms with Gasteiger partial charge in [0.1, 0.15) is 0 Å². The van der Waals surface area contributed by atoms with E-state index >= 15 is 0 Å². The number of hydrogen-bond donors (Lipinski definition) is 0. The van der Waals surface area contributed by atoms with E-state index in [1.54, 1.807) is 0 Å². The van der Waals surface area contributed by atoms with Crippen LogP contribution in [0.5, 0.6) is 0 Å². The van der Waals surface area contributed by atoms with E-state index in [-0.39, 0.29) is 0 Å². The highest BCUT2D eigenvalue weighted by Crippen LogP contribution is 2.65. The number of aryl methyl sites for hydroxylation is 8. The van der Waals surface area contributed by atoms with Crippen molar-refractivity contribution in [1.82, 2.24) is 0 Å². The molecule has 0 saturated heterocycles. The van der Waals surface area contributed by atoms with E-state index in [9.17, 15) is 0 Å². The molecule has 0 nitrogen and oxygen atoms in total. The fourth-order valence-electron chi connectivity index (χ4n) is 17.2. The molecule has 0 fully saturated rings. The van der Waals surface area contributed by atoms with Crippen molar-refractivity contribution in [3.05, 3.63) is 178 Å². The summed E-state index contributed by atoms with van der Waals surface area (Å²) in [5, 5.41) is 11.4. The van der Waals surface area contributed by atoms with Gasteiger partial charge in [0.15, 0.2) is 0 Å². The van der Waals surface area contributed by atoms with Gasteiger partial charge >= 0.3 is 0 Å². The lowest BCUT2D eigenvalue weighted by molar-refractivity contribution is 1.18. The molecule has 10 aromatic carbocycles. The third-order valence-corrected chi connectivity index (χ3v) is 24.9. The Morgan fingerprint density at radius 2 is 0.214 bits per heavy atom. The van der Waals surface area contributed by atoms with Crippen LogP contribution in [0, 0.1) is 222 Å². The quantitative estimate of drug-likeness (QED) is 0.154. The Morgan fingerprint density at radius 3 is 0.488 bits per heavy atom. The minimum atomic E-state index is 1.38. The molecule has 432 valence electrons. The molecule has 0 atom stereocenters.